The summed E-state index contributed by atoms with van der Waals surface area (Å²) in [7, 11) is -3.59. The van der Waals surface area contributed by atoms with Gasteiger partial charge in [0.25, 0.3) is 0 Å². The van der Waals surface area contributed by atoms with E-state index in [0.29, 0.717) is 0 Å². The molecule has 1 N–H and O–H groups in total. The number of ether oxygens (including phenoxy) is 1. The molecule has 0 saturated carbocycles. The van der Waals surface area contributed by atoms with Crippen molar-refractivity contribution < 1.29 is 31.7 Å². The molecular weight excluding hydrogens is 305 g/mol. The maximum Gasteiger partial charge on any atom is 0.337 e. The van der Waals surface area contributed by atoms with Crippen LogP contribution in [0.15, 0.2) is 18.2 Å². The molecule has 114 valence electrons. The second-order valence-electron chi connectivity index (χ2n) is 4.47. The van der Waals surface area contributed by atoms with Crippen molar-refractivity contribution >= 4 is 27.8 Å². The number of rotatable bonds is 4. The molecule has 1 atom stereocenters. The number of amides is 1. The van der Waals surface area contributed by atoms with Gasteiger partial charge < -0.3 is 14.7 Å². The van der Waals surface area contributed by atoms with Gasteiger partial charge in [0.1, 0.15) is 16.7 Å². The highest BCUT2D eigenvalue weighted by molar-refractivity contribution is 7.87. The number of nitrogens with zero attached hydrogens (tertiary/aromatic N) is 1. The van der Waals surface area contributed by atoms with Gasteiger partial charge in [-0.25, -0.2) is 4.79 Å². The topological polar surface area (TPSA) is 101 Å². The zero-order valence-corrected chi connectivity index (χ0v) is 11.8. The number of hydrogen-bond acceptors (Lipinski definition) is 5. The highest BCUT2D eigenvalue weighted by Crippen LogP contribution is 2.36. The van der Waals surface area contributed by atoms with Crippen LogP contribution in [0.2, 0.25) is 0 Å². The molecule has 0 radical (unpaired) electrons. The quantitative estimate of drug-likeness (QED) is 0.824. The smallest absolute Gasteiger partial charge is 0.337 e. The van der Waals surface area contributed by atoms with Crippen molar-refractivity contribution in [2.75, 3.05) is 18.6 Å². The predicted octanol–water partition coefficient (Wildman–Crippen LogP) is 0.798. The van der Waals surface area contributed by atoms with Crippen molar-refractivity contribution in [2.24, 2.45) is 0 Å². The lowest BCUT2D eigenvalue weighted by Crippen LogP contribution is -2.29. The van der Waals surface area contributed by atoms with Crippen LogP contribution in [0, 0.1) is 0 Å². The Balaban J connectivity index is 2.52. The average Bonchev–Trinajstić information content (AvgIpc) is 2.79. The number of carbonyl (C=O) groups is 2. The lowest BCUT2D eigenvalue weighted by Gasteiger charge is -2.21. The van der Waals surface area contributed by atoms with Crippen LogP contribution >= 0.6 is 0 Å². The van der Waals surface area contributed by atoms with Gasteiger partial charge >= 0.3 is 16.2 Å². The van der Waals surface area contributed by atoms with Crippen molar-refractivity contribution in [3.05, 3.63) is 23.8 Å². The molecule has 21 heavy (non-hydrogen) atoms. The molecule has 1 fully saturated rings. The van der Waals surface area contributed by atoms with Gasteiger partial charge in [-0.15, -0.1) is 3.89 Å². The molecule has 1 amide bonds. The summed E-state index contributed by atoms with van der Waals surface area (Å²) in [6.45, 7) is -0.446. The molecule has 0 bridgehead atoms. The Morgan fingerprint density at radius 3 is 2.62 bits per heavy atom. The minimum absolute atomic E-state index is 0.0661. The molecule has 0 aromatic heterocycles. The summed E-state index contributed by atoms with van der Waals surface area (Å²) in [4.78, 5) is 24.1. The zero-order valence-electron chi connectivity index (χ0n) is 10.9. The maximum atomic E-state index is 13.0. The van der Waals surface area contributed by atoms with E-state index in [2.05, 4.69) is 0 Å². The first kappa shape index (κ1) is 15.2. The van der Waals surface area contributed by atoms with E-state index in [-0.39, 0.29) is 17.0 Å². The number of methoxy groups -OCH3 is 1. The summed E-state index contributed by atoms with van der Waals surface area (Å²) < 4.78 is 39.9. The van der Waals surface area contributed by atoms with Crippen molar-refractivity contribution in [2.45, 2.75) is 11.7 Å². The molecule has 2 rings (SSSR count). The molecule has 0 aliphatic carbocycles. The molecule has 1 aliphatic heterocycles. The summed E-state index contributed by atoms with van der Waals surface area (Å²) in [6.07, 6.45) is -0.532. The molecule has 1 aromatic carbocycles. The van der Waals surface area contributed by atoms with E-state index < -0.39 is 40.3 Å². The van der Waals surface area contributed by atoms with E-state index in [4.69, 9.17) is 4.74 Å². The number of carboxylic acids is 1. The molecule has 1 aliphatic rings. The Morgan fingerprint density at radius 2 is 2.14 bits per heavy atom. The van der Waals surface area contributed by atoms with Crippen LogP contribution in [-0.2, 0) is 15.0 Å². The van der Waals surface area contributed by atoms with Gasteiger partial charge in [0.2, 0.25) is 5.91 Å². The highest BCUT2D eigenvalue weighted by Gasteiger charge is 2.41. The molecule has 1 unspecified atom stereocenters. The van der Waals surface area contributed by atoms with Crippen LogP contribution in [-0.4, -0.2) is 44.3 Å². The van der Waals surface area contributed by atoms with Gasteiger partial charge in [0.05, 0.1) is 12.7 Å². The fourth-order valence-electron chi connectivity index (χ4n) is 2.22. The Labute approximate surface area is 120 Å². The number of hydrogen-bond donors (Lipinski definition) is 1. The normalized spacial score (nSPS) is 18.9. The van der Waals surface area contributed by atoms with Gasteiger partial charge in [0, 0.05) is 13.0 Å². The van der Waals surface area contributed by atoms with Gasteiger partial charge in [0.15, 0.2) is 0 Å². The number of para-hydroxylation sites is 1. The van der Waals surface area contributed by atoms with Crippen molar-refractivity contribution in [3.63, 3.8) is 0 Å². The number of carbonyl (C=O) groups excluding carboxylic acids is 1. The largest absolute Gasteiger partial charge is 0.495 e. The minimum atomic E-state index is -4.88. The third-order valence-electron chi connectivity index (χ3n) is 3.21. The first-order chi connectivity index (χ1) is 9.75. The molecule has 1 saturated heterocycles. The Bertz CT molecular complexity index is 702. The molecule has 0 spiro atoms. The Morgan fingerprint density at radius 1 is 1.48 bits per heavy atom. The van der Waals surface area contributed by atoms with Gasteiger partial charge in [-0.3, -0.25) is 4.79 Å². The second-order valence-corrected chi connectivity index (χ2v) is 6.09. The van der Waals surface area contributed by atoms with Crippen molar-refractivity contribution in [1.82, 2.24) is 0 Å². The molecule has 7 nitrogen and oxygen atoms in total. The van der Waals surface area contributed by atoms with Crippen LogP contribution in [0.1, 0.15) is 16.8 Å². The van der Waals surface area contributed by atoms with Gasteiger partial charge in [-0.2, -0.15) is 8.42 Å². The van der Waals surface area contributed by atoms with Crippen molar-refractivity contribution in [3.8, 4) is 5.75 Å². The second kappa shape index (κ2) is 5.32. The van der Waals surface area contributed by atoms with E-state index in [0.717, 1.165) is 4.90 Å². The number of halogens is 1. The molecular formula is C12H12FNO6S. The Hall–Kier alpha value is -2.16. The number of benzene rings is 1. The summed E-state index contributed by atoms with van der Waals surface area (Å²) >= 11 is 0. The first-order valence-electron chi connectivity index (χ1n) is 5.90. The molecule has 9 heteroatoms. The van der Waals surface area contributed by atoms with Crippen LogP contribution in [0.3, 0.4) is 0 Å². The monoisotopic (exact) mass is 317 g/mol. The summed E-state index contributed by atoms with van der Waals surface area (Å²) in [5.41, 5.74) is -0.289. The number of carboxylic acid groups (broad SMARTS) is 1. The van der Waals surface area contributed by atoms with Crippen molar-refractivity contribution in [1.29, 1.82) is 0 Å². The zero-order chi connectivity index (χ0) is 15.8. The first-order valence-corrected chi connectivity index (χ1v) is 7.34. The Kier molecular flexibility index (Phi) is 3.86. The summed E-state index contributed by atoms with van der Waals surface area (Å²) in [5, 5.41) is 7.67. The van der Waals surface area contributed by atoms with Crippen LogP contribution in [0.4, 0.5) is 9.57 Å². The lowest BCUT2D eigenvalue weighted by molar-refractivity contribution is -0.117. The summed E-state index contributed by atoms with van der Waals surface area (Å²) in [5.74, 6) is -1.88. The van der Waals surface area contributed by atoms with E-state index >= 15 is 0 Å². The van der Waals surface area contributed by atoms with Crippen LogP contribution < -0.4 is 9.64 Å². The SMILES string of the molecule is COc1cccc(C(=O)O)c1N1CC(S(=O)(=O)F)CC1=O. The molecule has 1 heterocycles. The maximum absolute atomic E-state index is 13.0. The third kappa shape index (κ3) is 2.82. The number of anilines is 1. The standard InChI is InChI=1S/C12H12FNO6S/c1-20-9-4-2-3-8(12(16)17)11(9)14-6-7(5-10(14)15)21(13,18)19/h2-4,7H,5-6H2,1H3,(H,16,17). The molecule has 1 aromatic rings. The van der Waals surface area contributed by atoms with E-state index in [1.54, 1.807) is 0 Å². The third-order valence-corrected chi connectivity index (χ3v) is 4.32. The summed E-state index contributed by atoms with van der Waals surface area (Å²) in [6, 6.07) is 4.12. The predicted molar refractivity (Wildman–Crippen MR) is 70.7 cm³/mol. The fraction of sp³-hybridized carbons (Fsp3) is 0.333. The van der Waals surface area contributed by atoms with Gasteiger partial charge in [-0.1, -0.05) is 6.07 Å². The highest BCUT2D eigenvalue weighted by atomic mass is 32.3. The minimum Gasteiger partial charge on any atom is -0.495 e. The van der Waals surface area contributed by atoms with Gasteiger partial charge in [-0.05, 0) is 12.1 Å². The van der Waals surface area contributed by atoms with Crippen LogP contribution in [0.5, 0.6) is 5.75 Å². The average molecular weight is 317 g/mol. The fourth-order valence-corrected chi connectivity index (χ4v) is 2.89. The van der Waals surface area contributed by atoms with Crippen LogP contribution in [0.25, 0.3) is 0 Å². The van der Waals surface area contributed by atoms with E-state index in [9.17, 15) is 27.0 Å². The lowest BCUT2D eigenvalue weighted by atomic mass is 10.1. The van der Waals surface area contributed by atoms with E-state index in [1.165, 1.54) is 25.3 Å². The van der Waals surface area contributed by atoms with E-state index in [1.807, 2.05) is 0 Å². The number of aromatic carboxylic acids is 1.